The van der Waals surface area contributed by atoms with Crippen molar-refractivity contribution in [2.24, 2.45) is 0 Å². The number of rotatable bonds is 8. The second-order valence-electron chi connectivity index (χ2n) is 4.83. The fourth-order valence-corrected chi connectivity index (χ4v) is 2.08. The van der Waals surface area contributed by atoms with Crippen LogP contribution >= 0.6 is 0 Å². The van der Waals surface area contributed by atoms with Crippen molar-refractivity contribution < 1.29 is 4.79 Å². The molecule has 0 saturated carbocycles. The van der Waals surface area contributed by atoms with Gasteiger partial charge in [-0.3, -0.25) is 4.79 Å². The molecule has 0 radical (unpaired) electrons. The minimum atomic E-state index is 0.0203. The normalized spacial score (nSPS) is 10.3. The molecule has 0 atom stereocenters. The van der Waals surface area contributed by atoms with E-state index in [1.165, 1.54) is 0 Å². The van der Waals surface area contributed by atoms with Crippen molar-refractivity contribution in [2.75, 3.05) is 25.0 Å². The molecule has 1 rings (SSSR count). The number of nitrogens with one attached hydrogen (secondary N) is 1. The number of carbonyl (C=O) groups excluding carboxylic acids is 1. The topological polar surface area (TPSA) is 56.1 Å². The first kappa shape index (κ1) is 16.2. The highest BCUT2D eigenvalue weighted by Crippen LogP contribution is 2.09. The average molecular weight is 273 g/mol. The zero-order valence-corrected chi connectivity index (χ0v) is 12.4. The summed E-state index contributed by atoms with van der Waals surface area (Å²) in [6.07, 6.45) is 2.72. The van der Waals surface area contributed by atoms with Crippen LogP contribution in [0.5, 0.6) is 0 Å². The van der Waals surface area contributed by atoms with Crippen molar-refractivity contribution in [1.29, 1.82) is 5.26 Å². The van der Waals surface area contributed by atoms with Crippen molar-refractivity contribution in [1.82, 2.24) is 4.90 Å². The molecule has 0 aromatic heterocycles. The highest BCUT2D eigenvalue weighted by Gasteiger charge is 2.07. The van der Waals surface area contributed by atoms with E-state index in [0.29, 0.717) is 12.0 Å². The SMILES string of the molecule is CCCN(CCC)CCC(=O)Nc1ccc(C#N)cc1. The van der Waals surface area contributed by atoms with Crippen LogP contribution in [0.4, 0.5) is 5.69 Å². The molecule has 0 aliphatic carbocycles. The molecule has 1 amide bonds. The number of benzene rings is 1. The van der Waals surface area contributed by atoms with Gasteiger partial charge in [-0.15, -0.1) is 0 Å². The van der Waals surface area contributed by atoms with Crippen LogP contribution in [0.25, 0.3) is 0 Å². The van der Waals surface area contributed by atoms with Gasteiger partial charge in [0.05, 0.1) is 11.6 Å². The molecular weight excluding hydrogens is 250 g/mol. The predicted molar refractivity (Wildman–Crippen MR) is 81.4 cm³/mol. The van der Waals surface area contributed by atoms with E-state index in [4.69, 9.17) is 5.26 Å². The standard InChI is InChI=1S/C16H23N3O/c1-3-10-19(11-4-2)12-9-16(20)18-15-7-5-14(13-17)6-8-15/h5-8H,3-4,9-12H2,1-2H3,(H,18,20). The Morgan fingerprint density at radius 2 is 1.75 bits per heavy atom. The van der Waals surface area contributed by atoms with Crippen LogP contribution in [0.2, 0.25) is 0 Å². The monoisotopic (exact) mass is 273 g/mol. The Labute approximate surface area is 121 Å². The van der Waals surface area contributed by atoms with Gasteiger partial charge in [0.2, 0.25) is 5.91 Å². The minimum Gasteiger partial charge on any atom is -0.326 e. The van der Waals surface area contributed by atoms with E-state index in [0.717, 1.165) is 38.2 Å². The Hall–Kier alpha value is -1.86. The maximum absolute atomic E-state index is 11.9. The third-order valence-corrected chi connectivity index (χ3v) is 3.03. The van der Waals surface area contributed by atoms with Gasteiger partial charge in [0.15, 0.2) is 0 Å². The fraction of sp³-hybridized carbons (Fsp3) is 0.500. The van der Waals surface area contributed by atoms with E-state index >= 15 is 0 Å². The lowest BCUT2D eigenvalue weighted by Crippen LogP contribution is -2.29. The molecule has 0 saturated heterocycles. The number of nitriles is 1. The van der Waals surface area contributed by atoms with E-state index in [1.54, 1.807) is 24.3 Å². The third-order valence-electron chi connectivity index (χ3n) is 3.03. The number of anilines is 1. The smallest absolute Gasteiger partial charge is 0.225 e. The van der Waals surface area contributed by atoms with Crippen molar-refractivity contribution in [2.45, 2.75) is 33.1 Å². The summed E-state index contributed by atoms with van der Waals surface area (Å²) in [6, 6.07) is 8.98. The summed E-state index contributed by atoms with van der Waals surface area (Å²) in [7, 11) is 0. The van der Waals surface area contributed by atoms with Gasteiger partial charge < -0.3 is 10.2 Å². The lowest BCUT2D eigenvalue weighted by Gasteiger charge is -2.20. The van der Waals surface area contributed by atoms with Crippen LogP contribution in [0.15, 0.2) is 24.3 Å². The maximum atomic E-state index is 11.9. The quantitative estimate of drug-likeness (QED) is 0.792. The number of nitrogens with zero attached hydrogens (tertiary/aromatic N) is 2. The average Bonchev–Trinajstić information content (AvgIpc) is 2.46. The van der Waals surface area contributed by atoms with Crippen molar-refractivity contribution >= 4 is 11.6 Å². The largest absolute Gasteiger partial charge is 0.326 e. The van der Waals surface area contributed by atoms with Gasteiger partial charge in [0.1, 0.15) is 0 Å². The molecule has 1 N–H and O–H groups in total. The summed E-state index contributed by atoms with van der Waals surface area (Å²) >= 11 is 0. The molecular formula is C16H23N3O. The third kappa shape index (κ3) is 5.85. The molecule has 0 unspecified atom stereocenters. The first-order valence-electron chi connectivity index (χ1n) is 7.22. The molecule has 4 heteroatoms. The predicted octanol–water partition coefficient (Wildman–Crippen LogP) is 3.01. The molecule has 0 bridgehead atoms. The van der Waals surface area contributed by atoms with Gasteiger partial charge in [0, 0.05) is 18.7 Å². The second kappa shape index (κ2) is 9.11. The summed E-state index contributed by atoms with van der Waals surface area (Å²) in [5.41, 5.74) is 1.34. The van der Waals surface area contributed by atoms with Gasteiger partial charge in [0.25, 0.3) is 0 Å². The molecule has 0 spiro atoms. The van der Waals surface area contributed by atoms with Gasteiger partial charge >= 0.3 is 0 Å². The Morgan fingerprint density at radius 3 is 2.25 bits per heavy atom. The first-order valence-corrected chi connectivity index (χ1v) is 7.22. The molecule has 0 heterocycles. The van der Waals surface area contributed by atoms with Gasteiger partial charge in [-0.1, -0.05) is 13.8 Å². The summed E-state index contributed by atoms with van der Waals surface area (Å²) in [6.45, 7) is 7.18. The number of hydrogen-bond donors (Lipinski definition) is 1. The van der Waals surface area contributed by atoms with E-state index in [2.05, 4.69) is 30.1 Å². The van der Waals surface area contributed by atoms with Crippen molar-refractivity contribution in [3.05, 3.63) is 29.8 Å². The molecule has 20 heavy (non-hydrogen) atoms. The Balaban J connectivity index is 2.40. The molecule has 4 nitrogen and oxygen atoms in total. The van der Waals surface area contributed by atoms with Crippen LogP contribution in [0.1, 0.15) is 38.7 Å². The Morgan fingerprint density at radius 1 is 1.15 bits per heavy atom. The fourth-order valence-electron chi connectivity index (χ4n) is 2.08. The minimum absolute atomic E-state index is 0.0203. The zero-order valence-electron chi connectivity index (χ0n) is 12.4. The molecule has 0 aliphatic heterocycles. The second-order valence-corrected chi connectivity index (χ2v) is 4.83. The van der Waals surface area contributed by atoms with Gasteiger partial charge in [-0.05, 0) is 50.2 Å². The van der Waals surface area contributed by atoms with Crippen molar-refractivity contribution in [3.63, 3.8) is 0 Å². The van der Waals surface area contributed by atoms with E-state index in [1.807, 2.05) is 0 Å². The molecule has 1 aromatic rings. The summed E-state index contributed by atoms with van der Waals surface area (Å²) in [5.74, 6) is 0.0203. The van der Waals surface area contributed by atoms with E-state index in [-0.39, 0.29) is 5.91 Å². The van der Waals surface area contributed by atoms with Gasteiger partial charge in [-0.25, -0.2) is 0 Å². The lowest BCUT2D eigenvalue weighted by atomic mass is 10.2. The lowest BCUT2D eigenvalue weighted by molar-refractivity contribution is -0.116. The number of hydrogen-bond acceptors (Lipinski definition) is 3. The van der Waals surface area contributed by atoms with E-state index < -0.39 is 0 Å². The van der Waals surface area contributed by atoms with Crippen LogP contribution in [0.3, 0.4) is 0 Å². The van der Waals surface area contributed by atoms with Crippen LogP contribution in [-0.4, -0.2) is 30.4 Å². The maximum Gasteiger partial charge on any atom is 0.225 e. The van der Waals surface area contributed by atoms with Gasteiger partial charge in [-0.2, -0.15) is 5.26 Å². The summed E-state index contributed by atoms with van der Waals surface area (Å²) in [4.78, 5) is 14.2. The Kier molecular flexibility index (Phi) is 7.38. The van der Waals surface area contributed by atoms with E-state index in [9.17, 15) is 4.79 Å². The highest BCUT2D eigenvalue weighted by atomic mass is 16.1. The van der Waals surface area contributed by atoms with Crippen LogP contribution in [0, 0.1) is 11.3 Å². The number of carbonyl (C=O) groups is 1. The molecule has 0 fully saturated rings. The summed E-state index contributed by atoms with van der Waals surface area (Å²) in [5, 5.41) is 11.6. The summed E-state index contributed by atoms with van der Waals surface area (Å²) < 4.78 is 0. The highest BCUT2D eigenvalue weighted by molar-refractivity contribution is 5.90. The zero-order chi connectivity index (χ0) is 14.8. The van der Waals surface area contributed by atoms with Crippen LogP contribution in [-0.2, 0) is 4.79 Å². The Bertz CT molecular complexity index is 442. The number of amides is 1. The molecule has 108 valence electrons. The first-order chi connectivity index (χ1) is 9.69. The molecule has 0 aliphatic rings. The van der Waals surface area contributed by atoms with Crippen LogP contribution < -0.4 is 5.32 Å². The van der Waals surface area contributed by atoms with Crippen molar-refractivity contribution in [3.8, 4) is 6.07 Å². The molecule has 1 aromatic carbocycles.